The molecule has 0 atom stereocenters. The number of anilines is 1. The molecule has 1 rings (SSSR count). The van der Waals surface area contributed by atoms with Crippen LogP contribution in [0, 0.1) is 13.8 Å². The normalized spacial score (nSPS) is 11.5. The molecule has 3 N–H and O–H groups in total. The summed E-state index contributed by atoms with van der Waals surface area (Å²) in [6, 6.07) is 4.49. The van der Waals surface area contributed by atoms with E-state index < -0.39 is 31.2 Å². The lowest BCUT2D eigenvalue weighted by molar-refractivity contribution is -0.148. The van der Waals surface area contributed by atoms with Gasteiger partial charge < -0.3 is 10.4 Å². The summed E-state index contributed by atoms with van der Waals surface area (Å²) in [6.07, 6.45) is -4.38. The first-order valence-electron chi connectivity index (χ1n) is 7.69. The van der Waals surface area contributed by atoms with Gasteiger partial charge in [-0.2, -0.15) is 13.2 Å². The van der Waals surface area contributed by atoms with Crippen LogP contribution in [0.15, 0.2) is 18.2 Å². The van der Waals surface area contributed by atoms with Crippen LogP contribution in [-0.4, -0.2) is 54.4 Å². The molecule has 0 saturated heterocycles. The minimum atomic E-state index is -4.48. The third kappa shape index (κ3) is 8.50. The van der Waals surface area contributed by atoms with Crippen LogP contribution in [-0.2, 0) is 4.79 Å². The first kappa shape index (κ1) is 20.9. The van der Waals surface area contributed by atoms with Crippen molar-refractivity contribution in [2.75, 3.05) is 31.6 Å². The minimum absolute atomic E-state index is 0.0954. The maximum atomic E-state index is 12.5. The van der Waals surface area contributed by atoms with Crippen LogP contribution in [0.1, 0.15) is 17.5 Å². The number of rotatable bonds is 7. The molecule has 0 unspecified atom stereocenters. The van der Waals surface area contributed by atoms with E-state index in [2.05, 4.69) is 5.32 Å². The fourth-order valence-corrected chi connectivity index (χ4v) is 2.24. The first-order valence-corrected chi connectivity index (χ1v) is 7.69. The van der Waals surface area contributed by atoms with E-state index in [9.17, 15) is 22.8 Å². The summed E-state index contributed by atoms with van der Waals surface area (Å²) >= 11 is 0. The number of nitrogens with one attached hydrogen (secondary N) is 2. The number of aliphatic hydroxyl groups excluding tert-OH is 1. The monoisotopic (exact) mass is 361 g/mol. The van der Waals surface area contributed by atoms with Gasteiger partial charge in [0.1, 0.15) is 0 Å². The highest BCUT2D eigenvalue weighted by atomic mass is 19.4. The molecular weight excluding hydrogens is 339 g/mol. The summed E-state index contributed by atoms with van der Waals surface area (Å²) in [5.74, 6) is -0.857. The predicted octanol–water partition coefficient (Wildman–Crippen LogP) is 2.20. The number of aliphatic hydroxyl groups is 1. The lowest BCUT2D eigenvalue weighted by atomic mass is 10.1. The Kier molecular flexibility index (Phi) is 7.85. The van der Waals surface area contributed by atoms with E-state index in [0.717, 1.165) is 16.0 Å². The number of halogens is 3. The molecule has 0 aliphatic carbocycles. The molecule has 0 aliphatic rings. The second-order valence-corrected chi connectivity index (χ2v) is 5.72. The number of amides is 3. The molecule has 0 spiro atoms. The number of carbonyl (C=O) groups excluding carboxylic acids is 2. The van der Waals surface area contributed by atoms with Gasteiger partial charge in [0, 0.05) is 18.8 Å². The summed E-state index contributed by atoms with van der Waals surface area (Å²) in [5, 5.41) is 13.2. The number of urea groups is 1. The number of nitrogens with zero attached hydrogens (tertiary/aromatic N) is 1. The number of hydrogen-bond donors (Lipinski definition) is 3. The highest BCUT2D eigenvalue weighted by Gasteiger charge is 2.31. The zero-order chi connectivity index (χ0) is 19.0. The zero-order valence-corrected chi connectivity index (χ0v) is 14.1. The molecule has 0 saturated carbocycles. The van der Waals surface area contributed by atoms with Crippen LogP contribution in [0.5, 0.6) is 0 Å². The molecule has 0 aromatic heterocycles. The van der Waals surface area contributed by atoms with Crippen molar-refractivity contribution in [1.82, 2.24) is 10.2 Å². The molecule has 9 heteroatoms. The summed E-state index contributed by atoms with van der Waals surface area (Å²) in [5.41, 5.74) is 2.30. The van der Waals surface area contributed by atoms with Gasteiger partial charge in [-0.05, 0) is 31.9 Å². The smallest absolute Gasteiger partial charge is 0.396 e. The van der Waals surface area contributed by atoms with Crippen molar-refractivity contribution in [3.63, 3.8) is 0 Å². The molecule has 0 fully saturated rings. The Morgan fingerprint density at radius 2 is 1.92 bits per heavy atom. The summed E-state index contributed by atoms with van der Waals surface area (Å²) in [4.78, 5) is 24.4. The van der Waals surface area contributed by atoms with Crippen molar-refractivity contribution in [2.45, 2.75) is 26.4 Å². The number of imide groups is 1. The molecule has 1 aromatic rings. The van der Waals surface area contributed by atoms with Crippen molar-refractivity contribution < 1.29 is 27.9 Å². The van der Waals surface area contributed by atoms with Crippen LogP contribution in [0.3, 0.4) is 0 Å². The highest BCUT2D eigenvalue weighted by molar-refractivity contribution is 6.02. The predicted molar refractivity (Wildman–Crippen MR) is 87.3 cm³/mol. The lowest BCUT2D eigenvalue weighted by Gasteiger charge is -2.22. The van der Waals surface area contributed by atoms with Crippen molar-refractivity contribution >= 4 is 17.6 Å². The van der Waals surface area contributed by atoms with E-state index in [1.165, 1.54) is 0 Å². The third-order valence-electron chi connectivity index (χ3n) is 3.29. The maximum absolute atomic E-state index is 12.5. The van der Waals surface area contributed by atoms with E-state index >= 15 is 0 Å². The van der Waals surface area contributed by atoms with Crippen molar-refractivity contribution in [3.8, 4) is 0 Å². The van der Waals surface area contributed by atoms with E-state index in [1.54, 1.807) is 19.1 Å². The standard InChI is InChI=1S/C16H22F3N3O3/c1-11-4-5-13(12(2)8-11)20-15(25)21-14(24)9-22(6-3-7-23)10-16(17,18)19/h4-5,8,23H,3,6-7,9-10H2,1-2H3,(H2,20,21,24,25). The van der Waals surface area contributed by atoms with Gasteiger partial charge in [0.25, 0.3) is 0 Å². The van der Waals surface area contributed by atoms with Gasteiger partial charge >= 0.3 is 12.2 Å². The second-order valence-electron chi connectivity index (χ2n) is 5.72. The Hall–Kier alpha value is -2.13. The quantitative estimate of drug-likeness (QED) is 0.695. The number of hydrogen-bond acceptors (Lipinski definition) is 4. The van der Waals surface area contributed by atoms with Crippen molar-refractivity contribution in [3.05, 3.63) is 29.3 Å². The van der Waals surface area contributed by atoms with Crippen LogP contribution in [0.4, 0.5) is 23.7 Å². The Bertz CT molecular complexity index is 606. The van der Waals surface area contributed by atoms with E-state index in [4.69, 9.17) is 5.11 Å². The molecule has 6 nitrogen and oxygen atoms in total. The Morgan fingerprint density at radius 1 is 1.24 bits per heavy atom. The second kappa shape index (κ2) is 9.38. The van der Waals surface area contributed by atoms with Gasteiger partial charge in [0.2, 0.25) is 5.91 Å². The summed E-state index contributed by atoms with van der Waals surface area (Å²) in [7, 11) is 0. The number of alkyl halides is 3. The zero-order valence-electron chi connectivity index (χ0n) is 14.1. The molecule has 140 valence electrons. The van der Waals surface area contributed by atoms with Crippen LogP contribution < -0.4 is 10.6 Å². The molecular formula is C16H22F3N3O3. The summed E-state index contributed by atoms with van der Waals surface area (Å²) in [6.45, 7) is 1.39. The van der Waals surface area contributed by atoms with Gasteiger partial charge in [-0.1, -0.05) is 17.7 Å². The van der Waals surface area contributed by atoms with Gasteiger partial charge in [-0.25, -0.2) is 4.79 Å². The van der Waals surface area contributed by atoms with E-state index in [0.29, 0.717) is 5.69 Å². The Labute approximate surface area is 144 Å². The molecule has 0 bridgehead atoms. The SMILES string of the molecule is Cc1ccc(NC(=O)NC(=O)CN(CCCO)CC(F)(F)F)c(C)c1. The maximum Gasteiger partial charge on any atom is 0.401 e. The van der Waals surface area contributed by atoms with Crippen molar-refractivity contribution in [2.24, 2.45) is 0 Å². The molecule has 25 heavy (non-hydrogen) atoms. The topological polar surface area (TPSA) is 81.7 Å². The summed E-state index contributed by atoms with van der Waals surface area (Å²) < 4.78 is 37.5. The molecule has 3 amide bonds. The fourth-order valence-electron chi connectivity index (χ4n) is 2.24. The van der Waals surface area contributed by atoms with Crippen LogP contribution in [0.25, 0.3) is 0 Å². The number of carbonyl (C=O) groups is 2. The molecule has 0 radical (unpaired) electrons. The molecule has 1 aromatic carbocycles. The van der Waals surface area contributed by atoms with Gasteiger partial charge in [0.15, 0.2) is 0 Å². The fraction of sp³-hybridized carbons (Fsp3) is 0.500. The van der Waals surface area contributed by atoms with Crippen molar-refractivity contribution in [1.29, 1.82) is 0 Å². The number of aryl methyl sites for hydroxylation is 2. The van der Waals surface area contributed by atoms with Gasteiger partial charge in [0.05, 0.1) is 13.1 Å². The van der Waals surface area contributed by atoms with Crippen LogP contribution >= 0.6 is 0 Å². The largest absolute Gasteiger partial charge is 0.401 e. The Balaban J connectivity index is 2.58. The third-order valence-corrected chi connectivity index (χ3v) is 3.29. The van der Waals surface area contributed by atoms with Gasteiger partial charge in [-0.15, -0.1) is 0 Å². The lowest BCUT2D eigenvalue weighted by Crippen LogP contribution is -2.45. The minimum Gasteiger partial charge on any atom is -0.396 e. The number of benzene rings is 1. The average molecular weight is 361 g/mol. The highest BCUT2D eigenvalue weighted by Crippen LogP contribution is 2.17. The first-order chi connectivity index (χ1) is 11.6. The van der Waals surface area contributed by atoms with Gasteiger partial charge in [-0.3, -0.25) is 15.0 Å². The average Bonchev–Trinajstić information content (AvgIpc) is 2.46. The van der Waals surface area contributed by atoms with E-state index in [-0.39, 0.29) is 19.6 Å². The van der Waals surface area contributed by atoms with E-state index in [1.807, 2.05) is 18.3 Å². The Morgan fingerprint density at radius 3 is 2.48 bits per heavy atom. The molecule has 0 heterocycles. The molecule has 0 aliphatic heterocycles. The van der Waals surface area contributed by atoms with Crippen LogP contribution in [0.2, 0.25) is 0 Å².